The van der Waals surface area contributed by atoms with Crippen molar-refractivity contribution >= 4 is 29.2 Å². The van der Waals surface area contributed by atoms with Gasteiger partial charge in [0.2, 0.25) is 18.6 Å². The van der Waals surface area contributed by atoms with Gasteiger partial charge in [0.25, 0.3) is 0 Å². The van der Waals surface area contributed by atoms with Gasteiger partial charge in [-0.1, -0.05) is 0 Å². The summed E-state index contributed by atoms with van der Waals surface area (Å²) < 4.78 is 21.6. The van der Waals surface area contributed by atoms with Gasteiger partial charge in [-0.05, 0) is 50.2 Å². The summed E-state index contributed by atoms with van der Waals surface area (Å²) in [6.07, 6.45) is 1.24. The maximum absolute atomic E-state index is 12.7. The largest absolute Gasteiger partial charge is 0.486 e. The van der Waals surface area contributed by atoms with Crippen molar-refractivity contribution in [3.8, 4) is 23.0 Å². The number of imide groups is 1. The minimum Gasteiger partial charge on any atom is -0.486 e. The first-order chi connectivity index (χ1) is 17.0. The van der Waals surface area contributed by atoms with E-state index < -0.39 is 11.9 Å². The minimum absolute atomic E-state index is 0.0632. The van der Waals surface area contributed by atoms with Crippen LogP contribution < -0.4 is 34.9 Å². The second-order valence-corrected chi connectivity index (χ2v) is 8.47. The monoisotopic (exact) mass is 482 g/mol. The minimum atomic E-state index is -0.621. The number of carbonyl (C=O) groups is 3. The molecule has 11 nitrogen and oxygen atoms in total. The van der Waals surface area contributed by atoms with Crippen molar-refractivity contribution in [1.29, 1.82) is 0 Å². The number of urea groups is 1. The summed E-state index contributed by atoms with van der Waals surface area (Å²) in [5.74, 6) is 1.81. The molecule has 3 N–H and O–H groups in total. The van der Waals surface area contributed by atoms with Crippen LogP contribution in [0, 0.1) is 5.92 Å². The molecule has 3 aliphatic heterocycles. The Kier molecular flexibility index (Phi) is 6.57. The molecule has 4 amide bonds. The predicted molar refractivity (Wildman–Crippen MR) is 125 cm³/mol. The van der Waals surface area contributed by atoms with Gasteiger partial charge in [0, 0.05) is 29.4 Å². The molecule has 0 aliphatic carbocycles. The van der Waals surface area contributed by atoms with Gasteiger partial charge in [-0.2, -0.15) is 0 Å². The fourth-order valence-corrected chi connectivity index (χ4v) is 4.22. The van der Waals surface area contributed by atoms with E-state index in [4.69, 9.17) is 18.9 Å². The van der Waals surface area contributed by atoms with Crippen molar-refractivity contribution in [2.75, 3.05) is 50.3 Å². The Morgan fingerprint density at radius 1 is 0.800 bits per heavy atom. The lowest BCUT2D eigenvalue weighted by atomic mass is 9.96. The summed E-state index contributed by atoms with van der Waals surface area (Å²) in [7, 11) is 0. The number of anilines is 2. The standard InChI is InChI=1S/C24H26N4O7/c29-22(27-24(31)26-17-2-3-18-20(12-17)33-10-9-32-18)13-28-7-5-15(6-8-28)23(30)25-16-1-4-19-21(11-16)35-14-34-19/h1-4,11-12,15H,5-10,13-14H2,(H,25,30)(H2,26,27,29,31). The van der Waals surface area contributed by atoms with E-state index in [2.05, 4.69) is 16.0 Å². The van der Waals surface area contributed by atoms with E-state index in [1.54, 1.807) is 36.4 Å². The summed E-state index contributed by atoms with van der Waals surface area (Å²) in [6.45, 7) is 2.34. The average molecular weight is 482 g/mol. The third kappa shape index (κ3) is 5.57. The molecule has 5 rings (SSSR count). The normalized spacial score (nSPS) is 16.9. The van der Waals surface area contributed by atoms with Gasteiger partial charge in [-0.15, -0.1) is 0 Å². The van der Waals surface area contributed by atoms with Crippen molar-refractivity contribution < 1.29 is 33.3 Å². The van der Waals surface area contributed by atoms with Crippen molar-refractivity contribution in [2.45, 2.75) is 12.8 Å². The highest BCUT2D eigenvalue weighted by atomic mass is 16.7. The molecule has 0 radical (unpaired) electrons. The third-order valence-electron chi connectivity index (χ3n) is 6.02. The van der Waals surface area contributed by atoms with Crippen LogP contribution >= 0.6 is 0 Å². The quantitative estimate of drug-likeness (QED) is 0.592. The molecule has 184 valence electrons. The molecule has 3 aliphatic rings. The Bertz CT molecular complexity index is 1130. The number of benzene rings is 2. The number of fused-ring (bicyclic) bond motifs is 2. The van der Waals surface area contributed by atoms with Crippen molar-refractivity contribution in [3.63, 3.8) is 0 Å². The molecule has 1 saturated heterocycles. The number of rotatable bonds is 5. The van der Waals surface area contributed by atoms with Crippen LogP contribution in [-0.4, -0.2) is 62.4 Å². The Balaban J connectivity index is 1.04. The number of piperidine rings is 1. The topological polar surface area (TPSA) is 127 Å². The Morgan fingerprint density at radius 3 is 2.14 bits per heavy atom. The van der Waals surface area contributed by atoms with E-state index >= 15 is 0 Å². The molecule has 3 heterocycles. The molecule has 11 heteroatoms. The maximum Gasteiger partial charge on any atom is 0.325 e. The van der Waals surface area contributed by atoms with Crippen LogP contribution in [-0.2, 0) is 9.59 Å². The SMILES string of the molecule is O=C(CN1CCC(C(=O)Nc2ccc3c(c2)OCO3)CC1)NC(=O)Nc1ccc2c(c1)OCCO2. The molecule has 0 bridgehead atoms. The molecule has 0 saturated carbocycles. The number of carbonyl (C=O) groups excluding carboxylic acids is 3. The number of ether oxygens (including phenoxy) is 4. The lowest BCUT2D eigenvalue weighted by Crippen LogP contribution is -2.45. The first-order valence-corrected chi connectivity index (χ1v) is 11.5. The molecular formula is C24H26N4O7. The lowest BCUT2D eigenvalue weighted by molar-refractivity contribution is -0.122. The van der Waals surface area contributed by atoms with Crippen molar-refractivity contribution in [2.24, 2.45) is 5.92 Å². The molecule has 1 fully saturated rings. The molecule has 0 unspecified atom stereocenters. The van der Waals surface area contributed by atoms with Crippen LogP contribution in [0.3, 0.4) is 0 Å². The highest BCUT2D eigenvalue weighted by Crippen LogP contribution is 2.35. The molecule has 0 atom stereocenters. The van der Waals surface area contributed by atoms with Crippen LogP contribution in [0.1, 0.15) is 12.8 Å². The van der Waals surface area contributed by atoms with Crippen LogP contribution in [0.4, 0.5) is 16.2 Å². The van der Waals surface area contributed by atoms with Gasteiger partial charge < -0.3 is 29.6 Å². The van der Waals surface area contributed by atoms with Gasteiger partial charge in [0.15, 0.2) is 23.0 Å². The summed E-state index contributed by atoms with van der Waals surface area (Å²) >= 11 is 0. The highest BCUT2D eigenvalue weighted by Gasteiger charge is 2.27. The highest BCUT2D eigenvalue weighted by molar-refractivity contribution is 6.02. The molecular weight excluding hydrogens is 456 g/mol. The zero-order valence-corrected chi connectivity index (χ0v) is 19.0. The number of hydrogen-bond acceptors (Lipinski definition) is 8. The van der Waals surface area contributed by atoms with Gasteiger partial charge in [0.05, 0.1) is 6.54 Å². The number of hydrogen-bond donors (Lipinski definition) is 3. The Hall–Kier alpha value is -3.99. The zero-order valence-electron chi connectivity index (χ0n) is 19.0. The number of nitrogens with zero attached hydrogens (tertiary/aromatic N) is 1. The molecule has 2 aromatic carbocycles. The van der Waals surface area contributed by atoms with Crippen LogP contribution in [0.2, 0.25) is 0 Å². The molecule has 35 heavy (non-hydrogen) atoms. The van der Waals surface area contributed by atoms with Gasteiger partial charge in [-0.25, -0.2) is 4.79 Å². The van der Waals surface area contributed by atoms with Gasteiger partial charge in [-0.3, -0.25) is 19.8 Å². The van der Waals surface area contributed by atoms with E-state index in [-0.39, 0.29) is 25.2 Å². The Morgan fingerprint density at radius 2 is 1.40 bits per heavy atom. The van der Waals surface area contributed by atoms with E-state index in [9.17, 15) is 14.4 Å². The first kappa shape index (κ1) is 22.8. The van der Waals surface area contributed by atoms with Crippen molar-refractivity contribution in [1.82, 2.24) is 10.2 Å². The second kappa shape index (κ2) is 10.1. The lowest BCUT2D eigenvalue weighted by Gasteiger charge is -2.30. The fourth-order valence-electron chi connectivity index (χ4n) is 4.22. The van der Waals surface area contributed by atoms with Gasteiger partial charge >= 0.3 is 6.03 Å². The molecule has 0 aromatic heterocycles. The van der Waals surface area contributed by atoms with E-state index in [1.165, 1.54) is 0 Å². The summed E-state index contributed by atoms with van der Waals surface area (Å²) in [5, 5.41) is 7.89. The molecule has 2 aromatic rings. The molecule has 0 spiro atoms. The predicted octanol–water partition coefficient (Wildman–Crippen LogP) is 2.19. The van der Waals surface area contributed by atoms with Crippen molar-refractivity contribution in [3.05, 3.63) is 36.4 Å². The summed E-state index contributed by atoms with van der Waals surface area (Å²) in [6, 6.07) is 9.71. The summed E-state index contributed by atoms with van der Waals surface area (Å²) in [5.41, 5.74) is 1.15. The van der Waals surface area contributed by atoms with Gasteiger partial charge in [0.1, 0.15) is 13.2 Å². The van der Waals surface area contributed by atoms with Crippen LogP contribution in [0.25, 0.3) is 0 Å². The fraction of sp³-hybridized carbons (Fsp3) is 0.375. The van der Waals surface area contributed by atoms with E-state index in [1.807, 2.05) is 4.90 Å². The number of nitrogens with one attached hydrogen (secondary N) is 3. The first-order valence-electron chi connectivity index (χ1n) is 11.5. The van der Waals surface area contributed by atoms with Crippen LogP contribution in [0.5, 0.6) is 23.0 Å². The van der Waals surface area contributed by atoms with E-state index in [0.717, 1.165) is 0 Å². The summed E-state index contributed by atoms with van der Waals surface area (Å²) in [4.78, 5) is 39.1. The maximum atomic E-state index is 12.7. The number of amides is 4. The third-order valence-corrected chi connectivity index (χ3v) is 6.02. The average Bonchev–Trinajstić information content (AvgIpc) is 3.32. The van der Waals surface area contributed by atoms with E-state index in [0.29, 0.717) is 73.5 Å². The number of likely N-dealkylation sites (tertiary alicyclic amines) is 1. The zero-order chi connectivity index (χ0) is 24.2. The smallest absolute Gasteiger partial charge is 0.325 e. The Labute approximate surface area is 201 Å². The second-order valence-electron chi connectivity index (χ2n) is 8.47. The van der Waals surface area contributed by atoms with Crippen LogP contribution in [0.15, 0.2) is 36.4 Å².